The minimum atomic E-state index is -0.409. The van der Waals surface area contributed by atoms with Gasteiger partial charge in [-0.05, 0) is 44.5 Å². The lowest BCUT2D eigenvalue weighted by Crippen LogP contribution is -2.21. The van der Waals surface area contributed by atoms with Gasteiger partial charge in [0.1, 0.15) is 5.82 Å². The summed E-state index contributed by atoms with van der Waals surface area (Å²) in [6, 6.07) is 2.90. The van der Waals surface area contributed by atoms with Crippen LogP contribution in [0.5, 0.6) is 0 Å². The normalized spacial score (nSPS) is 21.0. The first-order valence-corrected chi connectivity index (χ1v) is 6.54. The van der Waals surface area contributed by atoms with Gasteiger partial charge in [0.05, 0.1) is 15.7 Å². The Morgan fingerprint density at radius 1 is 1.18 bits per heavy atom. The number of halogens is 3. The SMILES string of the molecule is Fc1cc(Cl)c(NC2CCCNCC2)c(Cl)c1. The van der Waals surface area contributed by atoms with Gasteiger partial charge < -0.3 is 10.6 Å². The fourth-order valence-corrected chi connectivity index (χ4v) is 2.62. The summed E-state index contributed by atoms with van der Waals surface area (Å²) in [7, 11) is 0. The van der Waals surface area contributed by atoms with Crippen molar-refractivity contribution in [3.8, 4) is 0 Å². The number of anilines is 1. The van der Waals surface area contributed by atoms with E-state index in [9.17, 15) is 4.39 Å². The summed E-state index contributed by atoms with van der Waals surface area (Å²) in [4.78, 5) is 0. The van der Waals surface area contributed by atoms with Crippen LogP contribution in [0.15, 0.2) is 12.1 Å². The third-order valence-corrected chi connectivity index (χ3v) is 3.53. The van der Waals surface area contributed by atoms with Crippen LogP contribution in [0.4, 0.5) is 10.1 Å². The highest BCUT2D eigenvalue weighted by atomic mass is 35.5. The Morgan fingerprint density at radius 3 is 2.59 bits per heavy atom. The molecule has 0 radical (unpaired) electrons. The molecule has 0 amide bonds. The van der Waals surface area contributed by atoms with Crippen molar-refractivity contribution in [1.82, 2.24) is 5.32 Å². The first-order chi connectivity index (χ1) is 8.16. The third-order valence-electron chi connectivity index (χ3n) is 2.93. The number of hydrogen-bond donors (Lipinski definition) is 2. The van der Waals surface area contributed by atoms with Crippen molar-refractivity contribution < 1.29 is 4.39 Å². The molecule has 0 spiro atoms. The summed E-state index contributed by atoms with van der Waals surface area (Å²) in [5.41, 5.74) is 0.640. The van der Waals surface area contributed by atoms with E-state index in [0.717, 1.165) is 32.4 Å². The van der Waals surface area contributed by atoms with Crippen molar-refractivity contribution in [2.24, 2.45) is 0 Å². The predicted molar refractivity (Wildman–Crippen MR) is 70.6 cm³/mol. The van der Waals surface area contributed by atoms with Crippen LogP contribution in [0.25, 0.3) is 0 Å². The lowest BCUT2D eigenvalue weighted by Gasteiger charge is -2.19. The maximum absolute atomic E-state index is 13.0. The average Bonchev–Trinajstić information content (AvgIpc) is 2.51. The van der Waals surface area contributed by atoms with Gasteiger partial charge in [0.25, 0.3) is 0 Å². The van der Waals surface area contributed by atoms with E-state index < -0.39 is 5.82 Å². The summed E-state index contributed by atoms with van der Waals surface area (Å²) >= 11 is 12.0. The van der Waals surface area contributed by atoms with E-state index in [1.54, 1.807) is 0 Å². The second-order valence-electron chi connectivity index (χ2n) is 4.27. The Hall–Kier alpha value is -0.510. The van der Waals surface area contributed by atoms with Crippen molar-refractivity contribution in [3.63, 3.8) is 0 Å². The molecule has 0 aliphatic carbocycles. The maximum Gasteiger partial charge on any atom is 0.126 e. The molecule has 5 heteroatoms. The Bertz CT molecular complexity index is 367. The van der Waals surface area contributed by atoms with Crippen LogP contribution in [-0.4, -0.2) is 19.1 Å². The number of hydrogen-bond acceptors (Lipinski definition) is 2. The van der Waals surface area contributed by atoms with Gasteiger partial charge in [-0.2, -0.15) is 0 Å². The third kappa shape index (κ3) is 3.47. The van der Waals surface area contributed by atoms with Gasteiger partial charge in [0, 0.05) is 6.04 Å². The van der Waals surface area contributed by atoms with Gasteiger partial charge in [0.2, 0.25) is 0 Å². The van der Waals surface area contributed by atoms with Crippen LogP contribution in [0.3, 0.4) is 0 Å². The molecule has 1 heterocycles. The fourth-order valence-electron chi connectivity index (χ4n) is 2.05. The van der Waals surface area contributed by atoms with Crippen LogP contribution in [0.2, 0.25) is 10.0 Å². The van der Waals surface area contributed by atoms with E-state index in [2.05, 4.69) is 10.6 Å². The van der Waals surface area contributed by atoms with E-state index in [1.165, 1.54) is 12.1 Å². The number of rotatable bonds is 2. The average molecular weight is 277 g/mol. The van der Waals surface area contributed by atoms with E-state index in [-0.39, 0.29) is 0 Å². The summed E-state index contributed by atoms with van der Waals surface area (Å²) in [6.07, 6.45) is 3.20. The minimum Gasteiger partial charge on any atom is -0.380 e. The maximum atomic E-state index is 13.0. The molecule has 2 N–H and O–H groups in total. The molecule has 1 aliphatic rings. The Morgan fingerprint density at radius 2 is 1.88 bits per heavy atom. The lowest BCUT2D eigenvalue weighted by molar-refractivity contribution is 0.625. The van der Waals surface area contributed by atoms with Crippen LogP contribution < -0.4 is 10.6 Å². The largest absolute Gasteiger partial charge is 0.380 e. The Kier molecular flexibility index (Phi) is 4.48. The quantitative estimate of drug-likeness (QED) is 0.861. The standard InChI is InChI=1S/C12H15Cl2FN2/c13-10-6-8(15)7-11(14)12(10)17-9-2-1-4-16-5-3-9/h6-7,9,16-17H,1-5H2. The van der Waals surface area contributed by atoms with Crippen LogP contribution in [0.1, 0.15) is 19.3 Å². The highest BCUT2D eigenvalue weighted by Crippen LogP contribution is 2.32. The van der Waals surface area contributed by atoms with Crippen LogP contribution in [-0.2, 0) is 0 Å². The van der Waals surface area contributed by atoms with Gasteiger partial charge in [0.15, 0.2) is 0 Å². The Balaban J connectivity index is 2.11. The molecule has 2 rings (SSSR count). The molecule has 17 heavy (non-hydrogen) atoms. The monoisotopic (exact) mass is 276 g/mol. The van der Waals surface area contributed by atoms with E-state index in [0.29, 0.717) is 21.8 Å². The van der Waals surface area contributed by atoms with E-state index in [4.69, 9.17) is 23.2 Å². The first-order valence-electron chi connectivity index (χ1n) is 5.78. The lowest BCUT2D eigenvalue weighted by atomic mass is 10.1. The van der Waals surface area contributed by atoms with Gasteiger partial charge >= 0.3 is 0 Å². The second-order valence-corrected chi connectivity index (χ2v) is 5.08. The summed E-state index contributed by atoms with van der Waals surface area (Å²) in [6.45, 7) is 2.02. The molecule has 0 saturated carbocycles. The molecule has 2 nitrogen and oxygen atoms in total. The van der Waals surface area contributed by atoms with Gasteiger partial charge in [-0.1, -0.05) is 23.2 Å². The smallest absolute Gasteiger partial charge is 0.126 e. The van der Waals surface area contributed by atoms with Gasteiger partial charge in [-0.15, -0.1) is 0 Å². The topological polar surface area (TPSA) is 24.1 Å². The molecule has 1 atom stereocenters. The molecule has 1 saturated heterocycles. The second kappa shape index (κ2) is 5.89. The Labute approximate surface area is 110 Å². The molecule has 1 aliphatic heterocycles. The molecule has 0 bridgehead atoms. The zero-order chi connectivity index (χ0) is 12.3. The van der Waals surface area contributed by atoms with Crippen molar-refractivity contribution >= 4 is 28.9 Å². The molecule has 0 aromatic heterocycles. The molecule has 1 fully saturated rings. The van der Waals surface area contributed by atoms with E-state index >= 15 is 0 Å². The van der Waals surface area contributed by atoms with Crippen molar-refractivity contribution in [2.45, 2.75) is 25.3 Å². The summed E-state index contributed by atoms with van der Waals surface area (Å²) < 4.78 is 13.0. The van der Waals surface area contributed by atoms with Crippen molar-refractivity contribution in [3.05, 3.63) is 28.0 Å². The van der Waals surface area contributed by atoms with Crippen molar-refractivity contribution in [2.75, 3.05) is 18.4 Å². The zero-order valence-corrected chi connectivity index (χ0v) is 10.9. The number of benzene rings is 1. The predicted octanol–water partition coefficient (Wildman–Crippen LogP) is 3.69. The van der Waals surface area contributed by atoms with Gasteiger partial charge in [-0.3, -0.25) is 0 Å². The molecular formula is C12H15Cl2FN2. The molecule has 94 valence electrons. The molecule has 1 unspecified atom stereocenters. The minimum absolute atomic E-state index is 0.338. The summed E-state index contributed by atoms with van der Waals surface area (Å²) in [5, 5.41) is 7.33. The van der Waals surface area contributed by atoms with E-state index in [1.807, 2.05) is 0 Å². The van der Waals surface area contributed by atoms with Crippen LogP contribution >= 0.6 is 23.2 Å². The highest BCUT2D eigenvalue weighted by molar-refractivity contribution is 6.39. The summed E-state index contributed by atoms with van der Waals surface area (Å²) in [5.74, 6) is -0.409. The first kappa shape index (κ1) is 12.9. The molecular weight excluding hydrogens is 262 g/mol. The fraction of sp³-hybridized carbons (Fsp3) is 0.500. The molecule has 1 aromatic carbocycles. The highest BCUT2D eigenvalue weighted by Gasteiger charge is 2.15. The number of nitrogens with one attached hydrogen (secondary N) is 2. The van der Waals surface area contributed by atoms with Gasteiger partial charge in [-0.25, -0.2) is 4.39 Å². The van der Waals surface area contributed by atoms with Crippen molar-refractivity contribution in [1.29, 1.82) is 0 Å². The zero-order valence-electron chi connectivity index (χ0n) is 9.40. The van der Waals surface area contributed by atoms with Crippen LogP contribution in [0, 0.1) is 5.82 Å². The molecule has 1 aromatic rings.